The standard InChI is InChI=1S/C9H11Br.C6H5BrO/c1-2-4-8-5-3-6-9(10)7-8;7-5-3-1-2-4-6(5)8/h3,5-7H,2,4H2,1H3;1-4,8H. The minimum Gasteiger partial charge on any atom is -0.507 e. The number of halogens is 2. The lowest BCUT2D eigenvalue weighted by atomic mass is 10.1. The number of para-hydroxylation sites is 1. The second kappa shape index (κ2) is 8.33. The van der Waals surface area contributed by atoms with E-state index in [1.54, 1.807) is 18.2 Å². The number of phenols is 1. The third kappa shape index (κ3) is 5.69. The second-order valence-electron chi connectivity index (χ2n) is 3.83. The third-order valence-electron chi connectivity index (χ3n) is 2.28. The molecule has 1 N–H and O–H groups in total. The Morgan fingerprint density at radius 3 is 2.22 bits per heavy atom. The molecule has 2 aromatic rings. The topological polar surface area (TPSA) is 20.2 Å². The minimum atomic E-state index is 0.285. The molecule has 0 radical (unpaired) electrons. The van der Waals surface area contributed by atoms with Crippen LogP contribution in [0.5, 0.6) is 5.75 Å². The van der Waals surface area contributed by atoms with E-state index in [0.717, 1.165) is 4.47 Å². The van der Waals surface area contributed by atoms with Crippen molar-refractivity contribution in [1.29, 1.82) is 0 Å². The Kier molecular flexibility index (Phi) is 7.06. The maximum atomic E-state index is 8.87. The summed E-state index contributed by atoms with van der Waals surface area (Å²) in [5.74, 6) is 0.285. The molecule has 0 unspecified atom stereocenters. The lowest BCUT2D eigenvalue weighted by Gasteiger charge is -1.96. The van der Waals surface area contributed by atoms with Crippen LogP contribution < -0.4 is 0 Å². The van der Waals surface area contributed by atoms with Crippen LogP contribution in [0.15, 0.2) is 57.5 Å². The van der Waals surface area contributed by atoms with Crippen LogP contribution in [-0.4, -0.2) is 5.11 Å². The molecule has 3 heteroatoms. The normalized spacial score (nSPS) is 9.50. The van der Waals surface area contributed by atoms with Crippen LogP contribution >= 0.6 is 31.9 Å². The zero-order valence-electron chi connectivity index (χ0n) is 10.2. The molecule has 96 valence electrons. The maximum Gasteiger partial charge on any atom is 0.129 e. The summed E-state index contributed by atoms with van der Waals surface area (Å²) in [5, 5.41) is 8.87. The molecule has 0 spiro atoms. The Morgan fingerprint density at radius 2 is 1.72 bits per heavy atom. The fourth-order valence-corrected chi connectivity index (χ4v) is 2.16. The van der Waals surface area contributed by atoms with Gasteiger partial charge >= 0.3 is 0 Å². The second-order valence-corrected chi connectivity index (χ2v) is 5.60. The highest BCUT2D eigenvalue weighted by Gasteiger charge is 1.90. The van der Waals surface area contributed by atoms with Crippen LogP contribution in [0.4, 0.5) is 0 Å². The molecule has 2 aromatic carbocycles. The minimum absolute atomic E-state index is 0.285. The average molecular weight is 372 g/mol. The molecule has 0 saturated heterocycles. The van der Waals surface area contributed by atoms with E-state index in [1.165, 1.54) is 22.9 Å². The molecule has 0 bridgehead atoms. The Hall–Kier alpha value is -0.800. The molecule has 0 aliphatic heterocycles. The van der Waals surface area contributed by atoms with Gasteiger partial charge in [0.2, 0.25) is 0 Å². The lowest BCUT2D eigenvalue weighted by Crippen LogP contribution is -1.80. The van der Waals surface area contributed by atoms with Crippen molar-refractivity contribution >= 4 is 31.9 Å². The van der Waals surface area contributed by atoms with Crippen LogP contribution in [-0.2, 0) is 6.42 Å². The Bertz CT molecular complexity index is 462. The van der Waals surface area contributed by atoms with Gasteiger partial charge in [0.15, 0.2) is 0 Å². The molecule has 0 aliphatic carbocycles. The molecule has 1 nitrogen and oxygen atoms in total. The summed E-state index contributed by atoms with van der Waals surface area (Å²) in [5.41, 5.74) is 1.41. The number of aryl methyl sites for hydroxylation is 1. The Labute approximate surface area is 125 Å². The van der Waals surface area contributed by atoms with Crippen LogP contribution in [0.25, 0.3) is 0 Å². The molecular formula is C15H16Br2O. The van der Waals surface area contributed by atoms with Gasteiger partial charge in [-0.15, -0.1) is 0 Å². The lowest BCUT2D eigenvalue weighted by molar-refractivity contribution is 0.472. The zero-order valence-corrected chi connectivity index (χ0v) is 13.4. The highest BCUT2D eigenvalue weighted by molar-refractivity contribution is 9.10. The predicted molar refractivity (Wildman–Crippen MR) is 83.9 cm³/mol. The molecule has 0 aromatic heterocycles. The summed E-state index contributed by atoms with van der Waals surface area (Å²) in [6.45, 7) is 2.20. The smallest absolute Gasteiger partial charge is 0.129 e. The van der Waals surface area contributed by atoms with Gasteiger partial charge in [-0.25, -0.2) is 0 Å². The van der Waals surface area contributed by atoms with Gasteiger partial charge < -0.3 is 5.11 Å². The van der Waals surface area contributed by atoms with Crippen molar-refractivity contribution in [2.45, 2.75) is 19.8 Å². The quantitative estimate of drug-likeness (QED) is 0.732. The largest absolute Gasteiger partial charge is 0.507 e. The summed E-state index contributed by atoms with van der Waals surface area (Å²) in [4.78, 5) is 0. The number of rotatable bonds is 2. The predicted octanol–water partition coefficient (Wildman–Crippen LogP) is 5.56. The van der Waals surface area contributed by atoms with Crippen molar-refractivity contribution in [2.75, 3.05) is 0 Å². The van der Waals surface area contributed by atoms with E-state index >= 15 is 0 Å². The molecule has 0 heterocycles. The monoisotopic (exact) mass is 370 g/mol. The van der Waals surface area contributed by atoms with E-state index in [1.807, 2.05) is 6.07 Å². The molecule has 18 heavy (non-hydrogen) atoms. The molecular weight excluding hydrogens is 356 g/mol. The van der Waals surface area contributed by atoms with Gasteiger partial charge in [0, 0.05) is 4.47 Å². The molecule has 0 saturated carbocycles. The van der Waals surface area contributed by atoms with Crippen molar-refractivity contribution < 1.29 is 5.11 Å². The number of aromatic hydroxyl groups is 1. The van der Waals surface area contributed by atoms with Crippen LogP contribution in [0.3, 0.4) is 0 Å². The SMILES string of the molecule is CCCc1cccc(Br)c1.Oc1ccccc1Br. The Balaban J connectivity index is 0.000000184. The van der Waals surface area contributed by atoms with E-state index in [2.05, 4.69) is 63.0 Å². The first-order chi connectivity index (χ1) is 8.63. The number of hydrogen-bond donors (Lipinski definition) is 1. The van der Waals surface area contributed by atoms with Crippen molar-refractivity contribution in [3.8, 4) is 5.75 Å². The van der Waals surface area contributed by atoms with Crippen molar-refractivity contribution in [1.82, 2.24) is 0 Å². The summed E-state index contributed by atoms with van der Waals surface area (Å²) in [6, 6.07) is 15.5. The first-order valence-corrected chi connectivity index (χ1v) is 7.40. The van der Waals surface area contributed by atoms with Gasteiger partial charge in [-0.3, -0.25) is 0 Å². The highest BCUT2D eigenvalue weighted by Crippen LogP contribution is 2.21. The number of phenolic OH excluding ortho intramolecular Hbond substituents is 1. The molecule has 0 aliphatic rings. The van der Waals surface area contributed by atoms with Gasteiger partial charge in [0.25, 0.3) is 0 Å². The molecule has 2 rings (SSSR count). The van der Waals surface area contributed by atoms with Crippen LogP contribution in [0, 0.1) is 0 Å². The number of benzene rings is 2. The summed E-state index contributed by atoms with van der Waals surface area (Å²) in [7, 11) is 0. The van der Waals surface area contributed by atoms with E-state index in [9.17, 15) is 0 Å². The van der Waals surface area contributed by atoms with Crippen LogP contribution in [0.2, 0.25) is 0 Å². The van der Waals surface area contributed by atoms with Gasteiger partial charge in [0.1, 0.15) is 5.75 Å². The summed E-state index contributed by atoms with van der Waals surface area (Å²) < 4.78 is 1.92. The van der Waals surface area contributed by atoms with Gasteiger partial charge in [0.05, 0.1) is 4.47 Å². The molecule has 0 fully saturated rings. The molecule has 0 amide bonds. The number of hydrogen-bond acceptors (Lipinski definition) is 1. The summed E-state index contributed by atoms with van der Waals surface area (Å²) >= 11 is 6.58. The van der Waals surface area contributed by atoms with Crippen molar-refractivity contribution in [2.24, 2.45) is 0 Å². The Morgan fingerprint density at radius 1 is 1.00 bits per heavy atom. The van der Waals surface area contributed by atoms with Gasteiger partial charge in [-0.05, 0) is 52.2 Å². The van der Waals surface area contributed by atoms with Crippen molar-refractivity contribution in [3.63, 3.8) is 0 Å². The fourth-order valence-electron chi connectivity index (χ4n) is 1.43. The molecule has 0 atom stereocenters. The van der Waals surface area contributed by atoms with E-state index < -0.39 is 0 Å². The fraction of sp³-hybridized carbons (Fsp3) is 0.200. The first-order valence-electron chi connectivity index (χ1n) is 5.81. The van der Waals surface area contributed by atoms with Gasteiger partial charge in [-0.1, -0.05) is 53.5 Å². The van der Waals surface area contributed by atoms with Crippen LogP contribution in [0.1, 0.15) is 18.9 Å². The first kappa shape index (κ1) is 15.3. The van der Waals surface area contributed by atoms with E-state index in [0.29, 0.717) is 0 Å². The maximum absolute atomic E-state index is 8.87. The third-order valence-corrected chi connectivity index (χ3v) is 3.44. The average Bonchev–Trinajstić information content (AvgIpc) is 2.34. The van der Waals surface area contributed by atoms with E-state index in [-0.39, 0.29) is 5.75 Å². The van der Waals surface area contributed by atoms with Crippen molar-refractivity contribution in [3.05, 3.63) is 63.0 Å². The van der Waals surface area contributed by atoms with E-state index in [4.69, 9.17) is 5.11 Å². The zero-order chi connectivity index (χ0) is 13.4. The van der Waals surface area contributed by atoms with Gasteiger partial charge in [-0.2, -0.15) is 0 Å². The highest BCUT2D eigenvalue weighted by atomic mass is 79.9. The summed E-state index contributed by atoms with van der Waals surface area (Å²) in [6.07, 6.45) is 2.40.